The summed E-state index contributed by atoms with van der Waals surface area (Å²) in [7, 11) is 3.19. The third-order valence-corrected chi connectivity index (χ3v) is 3.78. The summed E-state index contributed by atoms with van der Waals surface area (Å²) in [6.45, 7) is 0. The van der Waals surface area contributed by atoms with E-state index in [2.05, 4.69) is 15.9 Å². The standard InChI is InChI=1S/C13H12BrClO3/c1-16-9-6-5-8(13(17-2)11(9)14)12(15)10-4-3-7-18-10/h3-7,12H,1-2H3. The molecule has 0 aliphatic rings. The maximum atomic E-state index is 6.39. The molecule has 0 bridgehead atoms. The molecule has 0 amide bonds. The lowest BCUT2D eigenvalue weighted by atomic mass is 10.1. The Morgan fingerprint density at radius 2 is 2.00 bits per heavy atom. The lowest BCUT2D eigenvalue weighted by Gasteiger charge is -2.15. The molecule has 0 aliphatic carbocycles. The van der Waals surface area contributed by atoms with Crippen LogP contribution in [0.3, 0.4) is 0 Å². The number of methoxy groups -OCH3 is 2. The van der Waals surface area contributed by atoms with Crippen LogP contribution in [0.5, 0.6) is 11.5 Å². The van der Waals surface area contributed by atoms with E-state index in [0.29, 0.717) is 17.3 Å². The van der Waals surface area contributed by atoms with Crippen molar-refractivity contribution in [3.05, 3.63) is 46.3 Å². The number of halogens is 2. The molecule has 1 heterocycles. The largest absolute Gasteiger partial charge is 0.495 e. The van der Waals surface area contributed by atoms with Crippen LogP contribution in [-0.2, 0) is 0 Å². The molecule has 2 aromatic rings. The molecule has 1 unspecified atom stereocenters. The van der Waals surface area contributed by atoms with Gasteiger partial charge in [-0.05, 0) is 40.2 Å². The van der Waals surface area contributed by atoms with Crippen molar-refractivity contribution in [1.29, 1.82) is 0 Å². The fourth-order valence-electron chi connectivity index (χ4n) is 1.71. The first-order valence-corrected chi connectivity index (χ1v) is 6.49. The van der Waals surface area contributed by atoms with Crippen LogP contribution in [-0.4, -0.2) is 14.2 Å². The maximum Gasteiger partial charge on any atom is 0.141 e. The third kappa shape index (κ3) is 2.35. The van der Waals surface area contributed by atoms with Crippen molar-refractivity contribution in [2.24, 2.45) is 0 Å². The zero-order chi connectivity index (χ0) is 13.1. The Balaban J connectivity index is 2.48. The highest BCUT2D eigenvalue weighted by molar-refractivity contribution is 9.10. The summed E-state index contributed by atoms with van der Waals surface area (Å²) < 4.78 is 16.7. The number of furan rings is 1. The second-order valence-electron chi connectivity index (χ2n) is 3.58. The second kappa shape index (κ2) is 5.67. The Labute approximate surface area is 119 Å². The maximum absolute atomic E-state index is 6.39. The number of rotatable bonds is 4. The van der Waals surface area contributed by atoms with E-state index in [-0.39, 0.29) is 0 Å². The highest BCUT2D eigenvalue weighted by atomic mass is 79.9. The van der Waals surface area contributed by atoms with Gasteiger partial charge >= 0.3 is 0 Å². The Hall–Kier alpha value is -1.13. The molecule has 0 spiro atoms. The summed E-state index contributed by atoms with van der Waals surface area (Å²) in [6.07, 6.45) is 1.59. The van der Waals surface area contributed by atoms with Gasteiger partial charge in [0.05, 0.1) is 20.5 Å². The number of alkyl halides is 1. The smallest absolute Gasteiger partial charge is 0.141 e. The molecule has 5 heteroatoms. The summed E-state index contributed by atoms with van der Waals surface area (Å²) in [6, 6.07) is 7.33. The van der Waals surface area contributed by atoms with Gasteiger partial charge in [-0.15, -0.1) is 11.6 Å². The van der Waals surface area contributed by atoms with Crippen LogP contribution < -0.4 is 9.47 Å². The summed E-state index contributed by atoms with van der Waals surface area (Å²) in [5.74, 6) is 2.01. The summed E-state index contributed by atoms with van der Waals surface area (Å²) in [4.78, 5) is 0. The number of ether oxygens (including phenoxy) is 2. The predicted molar refractivity (Wildman–Crippen MR) is 73.7 cm³/mol. The minimum Gasteiger partial charge on any atom is -0.495 e. The average Bonchev–Trinajstić information content (AvgIpc) is 2.91. The normalized spacial score (nSPS) is 12.2. The first-order chi connectivity index (χ1) is 8.69. The van der Waals surface area contributed by atoms with Gasteiger partial charge in [0.25, 0.3) is 0 Å². The molecule has 18 heavy (non-hydrogen) atoms. The Morgan fingerprint density at radius 3 is 2.56 bits per heavy atom. The van der Waals surface area contributed by atoms with Crippen molar-refractivity contribution in [2.75, 3.05) is 14.2 Å². The van der Waals surface area contributed by atoms with E-state index in [9.17, 15) is 0 Å². The topological polar surface area (TPSA) is 31.6 Å². The van der Waals surface area contributed by atoms with Crippen LogP contribution in [0.25, 0.3) is 0 Å². The average molecular weight is 332 g/mol. The molecule has 0 aliphatic heterocycles. The highest BCUT2D eigenvalue weighted by Crippen LogP contribution is 2.43. The van der Waals surface area contributed by atoms with Gasteiger partial charge in [-0.2, -0.15) is 0 Å². The highest BCUT2D eigenvalue weighted by Gasteiger charge is 2.21. The second-order valence-corrected chi connectivity index (χ2v) is 4.81. The molecule has 2 rings (SSSR count). The van der Waals surface area contributed by atoms with Crippen molar-refractivity contribution in [3.63, 3.8) is 0 Å². The van der Waals surface area contributed by atoms with Crippen molar-refractivity contribution >= 4 is 27.5 Å². The van der Waals surface area contributed by atoms with Crippen LogP contribution in [0.15, 0.2) is 39.4 Å². The van der Waals surface area contributed by atoms with Crippen molar-refractivity contribution in [1.82, 2.24) is 0 Å². The van der Waals surface area contributed by atoms with Crippen molar-refractivity contribution in [3.8, 4) is 11.5 Å². The lowest BCUT2D eigenvalue weighted by molar-refractivity contribution is 0.385. The molecule has 0 fully saturated rings. The van der Waals surface area contributed by atoms with E-state index < -0.39 is 5.38 Å². The Bertz CT molecular complexity index is 525. The third-order valence-electron chi connectivity index (χ3n) is 2.58. The van der Waals surface area contributed by atoms with E-state index in [1.807, 2.05) is 18.2 Å². The van der Waals surface area contributed by atoms with Gasteiger partial charge in [0, 0.05) is 5.56 Å². The molecular formula is C13H12BrClO3. The van der Waals surface area contributed by atoms with Gasteiger partial charge in [0.1, 0.15) is 27.1 Å². The van der Waals surface area contributed by atoms with Crippen LogP contribution in [0, 0.1) is 0 Å². The molecule has 3 nitrogen and oxygen atoms in total. The van der Waals surface area contributed by atoms with Crippen LogP contribution >= 0.6 is 27.5 Å². The quantitative estimate of drug-likeness (QED) is 0.779. The molecule has 1 aromatic carbocycles. The monoisotopic (exact) mass is 330 g/mol. The molecule has 1 atom stereocenters. The minimum absolute atomic E-state index is 0.405. The summed E-state index contributed by atoms with van der Waals surface area (Å²) in [5, 5.41) is -0.405. The fraction of sp³-hybridized carbons (Fsp3) is 0.231. The zero-order valence-electron chi connectivity index (χ0n) is 9.94. The molecule has 0 saturated heterocycles. The lowest BCUT2D eigenvalue weighted by Crippen LogP contribution is -1.99. The molecule has 0 saturated carbocycles. The number of hydrogen-bond donors (Lipinski definition) is 0. The van der Waals surface area contributed by atoms with Gasteiger partial charge in [-0.3, -0.25) is 0 Å². The molecular weight excluding hydrogens is 319 g/mol. The fourth-order valence-corrected chi connectivity index (χ4v) is 2.69. The van der Waals surface area contributed by atoms with Crippen LogP contribution in [0.4, 0.5) is 0 Å². The Kier molecular flexibility index (Phi) is 4.19. The van der Waals surface area contributed by atoms with E-state index >= 15 is 0 Å². The van der Waals surface area contributed by atoms with Gasteiger partial charge < -0.3 is 13.9 Å². The minimum atomic E-state index is -0.405. The van der Waals surface area contributed by atoms with Gasteiger partial charge in [0.15, 0.2) is 0 Å². The Morgan fingerprint density at radius 1 is 1.22 bits per heavy atom. The van der Waals surface area contributed by atoms with E-state index in [1.165, 1.54) is 0 Å². The zero-order valence-corrected chi connectivity index (χ0v) is 12.3. The van der Waals surface area contributed by atoms with Crippen molar-refractivity contribution < 1.29 is 13.9 Å². The van der Waals surface area contributed by atoms with Crippen molar-refractivity contribution in [2.45, 2.75) is 5.38 Å². The van der Waals surface area contributed by atoms with Crippen LogP contribution in [0.2, 0.25) is 0 Å². The number of benzene rings is 1. The molecule has 0 radical (unpaired) electrons. The van der Waals surface area contributed by atoms with E-state index in [0.717, 1.165) is 10.0 Å². The molecule has 96 valence electrons. The summed E-state index contributed by atoms with van der Waals surface area (Å²) >= 11 is 9.83. The van der Waals surface area contributed by atoms with Gasteiger partial charge in [-0.1, -0.05) is 0 Å². The van der Waals surface area contributed by atoms with Gasteiger partial charge in [-0.25, -0.2) is 0 Å². The van der Waals surface area contributed by atoms with E-state index in [4.69, 9.17) is 25.5 Å². The van der Waals surface area contributed by atoms with Gasteiger partial charge in [0.2, 0.25) is 0 Å². The van der Waals surface area contributed by atoms with E-state index in [1.54, 1.807) is 26.5 Å². The molecule has 1 aromatic heterocycles. The molecule has 0 N–H and O–H groups in total. The first-order valence-electron chi connectivity index (χ1n) is 5.27. The first kappa shape index (κ1) is 13.3. The predicted octanol–water partition coefficient (Wildman–Crippen LogP) is 4.39. The SMILES string of the molecule is COc1ccc(C(Cl)c2ccco2)c(OC)c1Br. The summed E-state index contributed by atoms with van der Waals surface area (Å²) in [5.41, 5.74) is 0.821. The van der Waals surface area contributed by atoms with Crippen LogP contribution in [0.1, 0.15) is 16.7 Å². The number of hydrogen-bond acceptors (Lipinski definition) is 3.